The van der Waals surface area contributed by atoms with Crippen molar-refractivity contribution >= 4 is 16.8 Å². The highest BCUT2D eigenvalue weighted by Gasteiger charge is 2.25. The van der Waals surface area contributed by atoms with Crippen LogP contribution in [0.1, 0.15) is 30.5 Å². The molecule has 1 heterocycles. The second-order valence-electron chi connectivity index (χ2n) is 7.44. The summed E-state index contributed by atoms with van der Waals surface area (Å²) in [6, 6.07) is 14.1. The SMILES string of the molecule is COc1ccc2[nH]cc(C(C)(C)CNC(=O)Cc3ccc(C)cc3)c2c1. The fraction of sp³-hybridized carbons (Fsp3) is 0.318. The van der Waals surface area contributed by atoms with Gasteiger partial charge in [0.15, 0.2) is 0 Å². The van der Waals surface area contributed by atoms with Gasteiger partial charge in [0.05, 0.1) is 13.5 Å². The van der Waals surface area contributed by atoms with E-state index < -0.39 is 0 Å². The first kappa shape index (κ1) is 18.1. The van der Waals surface area contributed by atoms with Crippen molar-refractivity contribution in [3.05, 3.63) is 65.4 Å². The molecule has 0 radical (unpaired) electrons. The lowest BCUT2D eigenvalue weighted by molar-refractivity contribution is -0.120. The smallest absolute Gasteiger partial charge is 0.224 e. The predicted octanol–water partition coefficient (Wildman–Crippen LogP) is 4.12. The van der Waals surface area contributed by atoms with Crippen LogP contribution in [-0.4, -0.2) is 24.5 Å². The monoisotopic (exact) mass is 350 g/mol. The van der Waals surface area contributed by atoms with Gasteiger partial charge in [-0.3, -0.25) is 4.79 Å². The van der Waals surface area contributed by atoms with Gasteiger partial charge in [-0.1, -0.05) is 43.7 Å². The number of aromatic nitrogens is 1. The standard InChI is InChI=1S/C22H26N2O2/c1-15-5-7-16(8-6-15)11-21(25)24-14-22(2,3)19-13-23-20-10-9-17(26-4)12-18(19)20/h5-10,12-13,23H,11,14H2,1-4H3,(H,24,25). The summed E-state index contributed by atoms with van der Waals surface area (Å²) in [6.07, 6.45) is 2.42. The van der Waals surface area contributed by atoms with E-state index in [2.05, 4.69) is 24.1 Å². The second-order valence-corrected chi connectivity index (χ2v) is 7.44. The summed E-state index contributed by atoms with van der Waals surface area (Å²) in [7, 11) is 1.67. The maximum absolute atomic E-state index is 12.3. The Kier molecular flexibility index (Phi) is 5.03. The van der Waals surface area contributed by atoms with Gasteiger partial charge in [0.1, 0.15) is 5.75 Å². The Morgan fingerprint density at radius 2 is 1.88 bits per heavy atom. The average Bonchev–Trinajstić information content (AvgIpc) is 3.06. The Morgan fingerprint density at radius 3 is 2.58 bits per heavy atom. The maximum Gasteiger partial charge on any atom is 0.224 e. The van der Waals surface area contributed by atoms with Crippen molar-refractivity contribution in [2.75, 3.05) is 13.7 Å². The third-order valence-corrected chi connectivity index (χ3v) is 4.83. The third kappa shape index (κ3) is 3.90. The molecule has 0 aliphatic rings. The van der Waals surface area contributed by atoms with Gasteiger partial charge in [0.2, 0.25) is 5.91 Å². The average molecular weight is 350 g/mol. The van der Waals surface area contributed by atoms with Crippen LogP contribution >= 0.6 is 0 Å². The molecule has 2 N–H and O–H groups in total. The van der Waals surface area contributed by atoms with E-state index in [1.54, 1.807) is 7.11 Å². The van der Waals surface area contributed by atoms with Gasteiger partial charge in [-0.15, -0.1) is 0 Å². The molecular formula is C22H26N2O2. The number of H-pyrrole nitrogens is 1. The van der Waals surface area contributed by atoms with Crippen molar-refractivity contribution in [1.82, 2.24) is 10.3 Å². The van der Waals surface area contributed by atoms with Crippen molar-refractivity contribution in [1.29, 1.82) is 0 Å². The molecule has 0 spiro atoms. The molecule has 3 aromatic rings. The van der Waals surface area contributed by atoms with E-state index in [-0.39, 0.29) is 11.3 Å². The molecule has 2 aromatic carbocycles. The molecule has 4 heteroatoms. The van der Waals surface area contributed by atoms with E-state index >= 15 is 0 Å². The number of benzene rings is 2. The van der Waals surface area contributed by atoms with Gasteiger partial charge in [-0.25, -0.2) is 0 Å². The van der Waals surface area contributed by atoms with Crippen LogP contribution in [-0.2, 0) is 16.6 Å². The molecule has 0 aliphatic heterocycles. The number of nitrogens with one attached hydrogen (secondary N) is 2. The number of amides is 1. The maximum atomic E-state index is 12.3. The lowest BCUT2D eigenvalue weighted by atomic mass is 9.84. The van der Waals surface area contributed by atoms with Crippen molar-refractivity contribution in [2.45, 2.75) is 32.6 Å². The Labute approximate surface area is 154 Å². The number of carbonyl (C=O) groups is 1. The molecule has 0 unspecified atom stereocenters. The summed E-state index contributed by atoms with van der Waals surface area (Å²) < 4.78 is 5.35. The lowest BCUT2D eigenvalue weighted by Gasteiger charge is -2.25. The number of aromatic amines is 1. The number of carbonyl (C=O) groups excluding carboxylic acids is 1. The zero-order valence-electron chi connectivity index (χ0n) is 15.8. The molecule has 0 bridgehead atoms. The Morgan fingerprint density at radius 1 is 1.15 bits per heavy atom. The van der Waals surface area contributed by atoms with Crippen molar-refractivity contribution < 1.29 is 9.53 Å². The highest BCUT2D eigenvalue weighted by molar-refractivity contribution is 5.86. The van der Waals surface area contributed by atoms with Gasteiger partial charge in [-0.05, 0) is 36.2 Å². The molecule has 1 aromatic heterocycles. The Hall–Kier alpha value is -2.75. The minimum Gasteiger partial charge on any atom is -0.497 e. The van der Waals surface area contributed by atoms with E-state index in [1.807, 2.05) is 55.6 Å². The zero-order valence-corrected chi connectivity index (χ0v) is 15.8. The molecule has 4 nitrogen and oxygen atoms in total. The van der Waals surface area contributed by atoms with Gasteiger partial charge in [0, 0.05) is 29.1 Å². The van der Waals surface area contributed by atoms with E-state index in [1.165, 1.54) is 11.1 Å². The van der Waals surface area contributed by atoms with E-state index in [4.69, 9.17) is 4.74 Å². The zero-order chi connectivity index (χ0) is 18.7. The van der Waals surface area contributed by atoms with Crippen LogP contribution in [0.15, 0.2) is 48.7 Å². The number of rotatable bonds is 6. The van der Waals surface area contributed by atoms with Crippen LogP contribution in [0, 0.1) is 6.92 Å². The number of hydrogen-bond acceptors (Lipinski definition) is 2. The van der Waals surface area contributed by atoms with E-state index in [9.17, 15) is 4.79 Å². The Balaban J connectivity index is 1.70. The molecular weight excluding hydrogens is 324 g/mol. The quantitative estimate of drug-likeness (QED) is 0.702. The number of methoxy groups -OCH3 is 1. The molecule has 1 amide bonds. The summed E-state index contributed by atoms with van der Waals surface area (Å²) in [5.41, 5.74) is 4.27. The molecule has 0 aliphatic carbocycles. The van der Waals surface area contributed by atoms with Gasteiger partial charge >= 0.3 is 0 Å². The van der Waals surface area contributed by atoms with Gasteiger partial charge in [0.25, 0.3) is 0 Å². The fourth-order valence-corrected chi connectivity index (χ4v) is 3.16. The normalized spacial score (nSPS) is 11.5. The van der Waals surface area contributed by atoms with Crippen molar-refractivity contribution in [2.24, 2.45) is 0 Å². The first-order valence-electron chi connectivity index (χ1n) is 8.87. The minimum absolute atomic E-state index is 0.0411. The van der Waals surface area contributed by atoms with Crippen LogP contribution in [0.3, 0.4) is 0 Å². The summed E-state index contributed by atoms with van der Waals surface area (Å²) in [5.74, 6) is 0.872. The van der Waals surface area contributed by atoms with Crippen molar-refractivity contribution in [3.8, 4) is 5.75 Å². The minimum atomic E-state index is -0.201. The molecule has 0 fully saturated rings. The van der Waals surface area contributed by atoms with Gasteiger partial charge in [-0.2, -0.15) is 0 Å². The number of ether oxygens (including phenoxy) is 1. The molecule has 0 atom stereocenters. The molecule has 0 saturated carbocycles. The largest absolute Gasteiger partial charge is 0.497 e. The first-order valence-corrected chi connectivity index (χ1v) is 8.87. The number of fused-ring (bicyclic) bond motifs is 1. The fourth-order valence-electron chi connectivity index (χ4n) is 3.16. The molecule has 26 heavy (non-hydrogen) atoms. The second kappa shape index (κ2) is 7.24. The van der Waals surface area contributed by atoms with E-state index in [0.717, 1.165) is 22.2 Å². The number of hydrogen-bond donors (Lipinski definition) is 2. The van der Waals surface area contributed by atoms with Crippen LogP contribution < -0.4 is 10.1 Å². The van der Waals surface area contributed by atoms with Gasteiger partial charge < -0.3 is 15.0 Å². The lowest BCUT2D eigenvalue weighted by Crippen LogP contribution is -2.37. The first-order chi connectivity index (χ1) is 12.4. The predicted molar refractivity (Wildman–Crippen MR) is 106 cm³/mol. The summed E-state index contributed by atoms with van der Waals surface area (Å²) >= 11 is 0. The Bertz CT molecular complexity index is 908. The summed E-state index contributed by atoms with van der Waals surface area (Å²) in [5, 5.41) is 4.21. The van der Waals surface area contributed by atoms with Crippen LogP contribution in [0.25, 0.3) is 10.9 Å². The highest BCUT2D eigenvalue weighted by atomic mass is 16.5. The summed E-state index contributed by atoms with van der Waals surface area (Å²) in [4.78, 5) is 15.6. The van der Waals surface area contributed by atoms with Crippen LogP contribution in [0.5, 0.6) is 5.75 Å². The topological polar surface area (TPSA) is 54.1 Å². The molecule has 136 valence electrons. The highest BCUT2D eigenvalue weighted by Crippen LogP contribution is 2.32. The van der Waals surface area contributed by atoms with Crippen molar-refractivity contribution in [3.63, 3.8) is 0 Å². The molecule has 0 saturated heterocycles. The van der Waals surface area contributed by atoms with Crippen LogP contribution in [0.2, 0.25) is 0 Å². The van der Waals surface area contributed by atoms with Crippen LogP contribution in [0.4, 0.5) is 0 Å². The molecule has 3 rings (SSSR count). The van der Waals surface area contributed by atoms with E-state index in [0.29, 0.717) is 13.0 Å². The number of aryl methyl sites for hydroxylation is 1. The third-order valence-electron chi connectivity index (χ3n) is 4.83. The summed E-state index contributed by atoms with van der Waals surface area (Å²) in [6.45, 7) is 6.90.